The van der Waals surface area contributed by atoms with Crippen molar-refractivity contribution in [2.45, 2.75) is 83.8 Å². The van der Waals surface area contributed by atoms with Crippen molar-refractivity contribution in [2.24, 2.45) is 9.98 Å². The molecule has 1 N–H and O–H groups in total. The summed E-state index contributed by atoms with van der Waals surface area (Å²) >= 11 is 0. The summed E-state index contributed by atoms with van der Waals surface area (Å²) in [6.45, 7) is 9.57. The lowest BCUT2D eigenvalue weighted by atomic mass is 9.86. The minimum Gasteiger partial charge on any atom is -0.386 e. The molecule has 0 aromatic carbocycles. The lowest BCUT2D eigenvalue weighted by Crippen LogP contribution is -2.39. The van der Waals surface area contributed by atoms with Gasteiger partial charge in [-0.3, -0.25) is 14.8 Å². The highest BCUT2D eigenvalue weighted by Gasteiger charge is 2.33. The lowest BCUT2D eigenvalue weighted by Gasteiger charge is -2.30. The van der Waals surface area contributed by atoms with Crippen molar-refractivity contribution in [1.82, 2.24) is 0 Å². The fraction of sp³-hybridized carbons (Fsp3) is 0.519. The van der Waals surface area contributed by atoms with Crippen molar-refractivity contribution < 1.29 is 9.90 Å². The number of aliphatic imine (C=N–C) groups is 2. The second kappa shape index (κ2) is 10.3. The maximum absolute atomic E-state index is 13.1. The highest BCUT2D eigenvalue weighted by Crippen LogP contribution is 2.30. The van der Waals surface area contributed by atoms with Crippen LogP contribution in [0.5, 0.6) is 0 Å². The highest BCUT2D eigenvalue weighted by molar-refractivity contribution is 6.50. The van der Waals surface area contributed by atoms with Crippen LogP contribution in [0.25, 0.3) is 0 Å². The molecule has 0 amide bonds. The van der Waals surface area contributed by atoms with Gasteiger partial charge in [0.1, 0.15) is 12.6 Å². The van der Waals surface area contributed by atoms with Crippen LogP contribution in [0.1, 0.15) is 72.1 Å². The topological polar surface area (TPSA) is 62.0 Å². The number of hydrogen-bond donors (Lipinski definition) is 1. The predicted molar refractivity (Wildman–Crippen MR) is 130 cm³/mol. The van der Waals surface area contributed by atoms with E-state index in [0.29, 0.717) is 11.1 Å². The summed E-state index contributed by atoms with van der Waals surface area (Å²) in [5, 5.41) is 11.3. The molecule has 166 valence electrons. The molecule has 4 nitrogen and oxygen atoms in total. The van der Waals surface area contributed by atoms with Crippen LogP contribution in [0, 0.1) is 0 Å². The number of allylic oxidation sites excluding steroid dienone is 6. The molecule has 0 aromatic heterocycles. The van der Waals surface area contributed by atoms with E-state index < -0.39 is 11.6 Å². The van der Waals surface area contributed by atoms with E-state index in [1.165, 1.54) is 42.9 Å². The van der Waals surface area contributed by atoms with Crippen molar-refractivity contribution in [3.05, 3.63) is 59.3 Å². The minimum absolute atomic E-state index is 0.0247. The Kier molecular flexibility index (Phi) is 7.77. The van der Waals surface area contributed by atoms with Gasteiger partial charge >= 0.3 is 0 Å². The van der Waals surface area contributed by atoms with Gasteiger partial charge in [-0.25, -0.2) is 0 Å². The molecule has 2 fully saturated rings. The highest BCUT2D eigenvalue weighted by atomic mass is 16.3. The number of carbonyl (C=O) groups excluding carboxylic acids is 1. The summed E-state index contributed by atoms with van der Waals surface area (Å²) in [4.78, 5) is 22.9. The number of aliphatic hydroxyl groups is 1. The van der Waals surface area contributed by atoms with E-state index in [2.05, 4.69) is 18.7 Å². The number of aliphatic hydroxyl groups excluding tert-OH is 1. The van der Waals surface area contributed by atoms with E-state index >= 15 is 0 Å². The number of Topliss-reactive ketones (excluding diaryl/α,β-unsaturated/α-hetero) is 1. The fourth-order valence-corrected chi connectivity index (χ4v) is 4.59. The fourth-order valence-electron chi connectivity index (χ4n) is 4.59. The monoisotopic (exact) mass is 420 g/mol. The quantitative estimate of drug-likeness (QED) is 0.639. The molecule has 1 heterocycles. The van der Waals surface area contributed by atoms with E-state index in [4.69, 9.17) is 9.98 Å². The molecular formula is C27H36N2O2. The van der Waals surface area contributed by atoms with Crippen LogP contribution in [0.3, 0.4) is 0 Å². The average Bonchev–Trinajstić information content (AvgIpc) is 3.43. The summed E-state index contributed by atoms with van der Waals surface area (Å²) in [6.07, 6.45) is 17.6. The first kappa shape index (κ1) is 23.3. The molecule has 4 heteroatoms. The molecule has 1 unspecified atom stereocenters. The average molecular weight is 421 g/mol. The molecule has 0 aromatic rings. The van der Waals surface area contributed by atoms with Crippen LogP contribution in [0.15, 0.2) is 69.2 Å². The van der Waals surface area contributed by atoms with Gasteiger partial charge in [0.15, 0.2) is 5.78 Å². The molecule has 31 heavy (non-hydrogen) atoms. The smallest absolute Gasteiger partial charge is 0.184 e. The number of hydrogen-bond acceptors (Lipinski definition) is 4. The van der Waals surface area contributed by atoms with Gasteiger partial charge < -0.3 is 5.11 Å². The number of ketones is 1. The molecule has 0 radical (unpaired) electrons. The van der Waals surface area contributed by atoms with Crippen LogP contribution >= 0.6 is 0 Å². The Labute approximate surface area is 187 Å². The van der Waals surface area contributed by atoms with Gasteiger partial charge in [-0.2, -0.15) is 0 Å². The summed E-state index contributed by atoms with van der Waals surface area (Å²) in [5.41, 5.74) is 4.44. The van der Waals surface area contributed by atoms with Gasteiger partial charge in [-0.05, 0) is 89.9 Å². The first-order valence-corrected chi connectivity index (χ1v) is 11.6. The first-order valence-electron chi connectivity index (χ1n) is 11.6. The maximum atomic E-state index is 13.1. The molecule has 1 atom stereocenters. The van der Waals surface area contributed by atoms with Gasteiger partial charge in [0, 0.05) is 5.57 Å². The summed E-state index contributed by atoms with van der Waals surface area (Å²) in [6, 6.07) is 0. The van der Waals surface area contributed by atoms with Gasteiger partial charge in [-0.15, -0.1) is 0 Å². The second-order valence-electron chi connectivity index (χ2n) is 9.27. The number of carbonyl (C=O) groups is 1. The minimum atomic E-state index is -0.934. The van der Waals surface area contributed by atoms with Crippen LogP contribution in [-0.2, 0) is 4.79 Å². The molecule has 0 bridgehead atoms. The molecule has 2 aliphatic carbocycles. The van der Waals surface area contributed by atoms with Gasteiger partial charge in [0.2, 0.25) is 0 Å². The number of nitrogens with zero attached hydrogens (tertiary/aromatic N) is 2. The zero-order valence-corrected chi connectivity index (χ0v) is 19.3. The summed E-state index contributed by atoms with van der Waals surface area (Å²) in [7, 11) is 0. The zero-order chi connectivity index (χ0) is 22.4. The van der Waals surface area contributed by atoms with Crippen LogP contribution < -0.4 is 0 Å². The van der Waals surface area contributed by atoms with Gasteiger partial charge in [0.05, 0.1) is 17.0 Å². The Balaban J connectivity index is 2.20. The zero-order valence-electron chi connectivity index (χ0n) is 19.3. The van der Waals surface area contributed by atoms with Crippen molar-refractivity contribution in [2.75, 3.05) is 6.54 Å². The Morgan fingerprint density at radius 3 is 2.06 bits per heavy atom. The molecule has 3 aliphatic rings. The van der Waals surface area contributed by atoms with E-state index in [0.717, 1.165) is 37.1 Å². The van der Waals surface area contributed by atoms with E-state index in [-0.39, 0.29) is 12.3 Å². The van der Waals surface area contributed by atoms with Gasteiger partial charge in [-0.1, -0.05) is 36.0 Å². The lowest BCUT2D eigenvalue weighted by molar-refractivity contribution is -0.114. The molecule has 3 rings (SSSR count). The van der Waals surface area contributed by atoms with Crippen molar-refractivity contribution in [3.8, 4) is 0 Å². The second-order valence-corrected chi connectivity index (χ2v) is 9.27. The third-order valence-corrected chi connectivity index (χ3v) is 6.36. The molecule has 1 aliphatic heterocycles. The SMILES string of the molecule is C=C/C1=C(\C=C/C)C(O)C(C)(C)N=C(C=C2CCCC2)C(C=C2CCCC2)=NCC1=O. The Hall–Kier alpha value is -2.33. The first-order chi connectivity index (χ1) is 14.9. The van der Waals surface area contributed by atoms with Crippen LogP contribution in [0.4, 0.5) is 0 Å². The number of rotatable bonds is 4. The Morgan fingerprint density at radius 2 is 1.55 bits per heavy atom. The summed E-state index contributed by atoms with van der Waals surface area (Å²) < 4.78 is 0. The van der Waals surface area contributed by atoms with Crippen molar-refractivity contribution in [1.29, 1.82) is 0 Å². The van der Waals surface area contributed by atoms with Crippen molar-refractivity contribution >= 4 is 17.2 Å². The third-order valence-electron chi connectivity index (χ3n) is 6.36. The predicted octanol–water partition coefficient (Wildman–Crippen LogP) is 5.65. The van der Waals surface area contributed by atoms with E-state index in [1.54, 1.807) is 6.08 Å². The molecule has 0 saturated heterocycles. The third kappa shape index (κ3) is 5.68. The normalized spacial score (nSPS) is 27.4. The maximum Gasteiger partial charge on any atom is 0.184 e. The Bertz CT molecular complexity index is 894. The standard InChI is InChI=1S/C27H36N2O2/c1-5-11-22-21(6-2)25(30)18-28-23(16-19-12-7-8-13-19)24(17-20-14-9-10-15-20)29-27(3,4)26(22)31/h5-6,11,16-17,26,31H,2,7-10,12-15,18H2,1,3-4H3/b11-5-,22-21-,28-23?,29-24?. The van der Waals surface area contributed by atoms with Gasteiger partial charge in [0.25, 0.3) is 0 Å². The van der Waals surface area contributed by atoms with E-state index in [1.807, 2.05) is 26.8 Å². The molecule has 0 spiro atoms. The van der Waals surface area contributed by atoms with Crippen LogP contribution in [-0.4, -0.2) is 40.5 Å². The molecular weight excluding hydrogens is 384 g/mol. The summed E-state index contributed by atoms with van der Waals surface area (Å²) in [5.74, 6) is -0.130. The van der Waals surface area contributed by atoms with E-state index in [9.17, 15) is 9.90 Å². The molecule has 2 saturated carbocycles. The van der Waals surface area contributed by atoms with Crippen molar-refractivity contribution in [3.63, 3.8) is 0 Å². The largest absolute Gasteiger partial charge is 0.386 e. The Morgan fingerprint density at radius 1 is 1.00 bits per heavy atom. The van der Waals surface area contributed by atoms with Crippen LogP contribution in [0.2, 0.25) is 0 Å².